The molecule has 2 atom stereocenters. The van der Waals surface area contributed by atoms with Crippen molar-refractivity contribution in [1.82, 2.24) is 9.88 Å². The Bertz CT molecular complexity index is 715. The van der Waals surface area contributed by atoms with Gasteiger partial charge in [-0.1, -0.05) is 29.8 Å². The van der Waals surface area contributed by atoms with Crippen molar-refractivity contribution in [2.45, 2.75) is 32.2 Å². The molecule has 1 saturated heterocycles. The maximum absolute atomic E-state index is 9.39. The van der Waals surface area contributed by atoms with Crippen molar-refractivity contribution >= 4 is 10.9 Å². The monoisotopic (exact) mass is 296 g/mol. The SMILES string of the molecule is C/C=C1/CN2CCc3c([nH]c4ccccc34)C2CC1CCO. The maximum atomic E-state index is 9.39. The van der Waals surface area contributed by atoms with Gasteiger partial charge in [0, 0.05) is 36.3 Å². The van der Waals surface area contributed by atoms with Gasteiger partial charge in [-0.3, -0.25) is 4.90 Å². The Kier molecular flexibility index (Phi) is 3.55. The van der Waals surface area contributed by atoms with Gasteiger partial charge in [-0.25, -0.2) is 0 Å². The molecule has 3 nitrogen and oxygen atoms in total. The number of nitrogens with one attached hydrogen (secondary N) is 1. The molecule has 2 aliphatic rings. The van der Waals surface area contributed by atoms with E-state index in [1.54, 1.807) is 0 Å². The summed E-state index contributed by atoms with van der Waals surface area (Å²) in [6, 6.07) is 9.15. The summed E-state index contributed by atoms with van der Waals surface area (Å²) in [4.78, 5) is 6.30. The Labute approximate surface area is 131 Å². The summed E-state index contributed by atoms with van der Waals surface area (Å²) in [5.41, 5.74) is 5.71. The molecule has 3 heteroatoms. The number of nitrogens with zero attached hydrogens (tertiary/aromatic N) is 1. The number of hydrogen-bond donors (Lipinski definition) is 2. The fraction of sp³-hybridized carbons (Fsp3) is 0.474. The van der Waals surface area contributed by atoms with Crippen LogP contribution in [-0.4, -0.2) is 34.7 Å². The fourth-order valence-electron chi connectivity index (χ4n) is 4.40. The molecule has 0 aliphatic carbocycles. The van der Waals surface area contributed by atoms with E-state index >= 15 is 0 Å². The van der Waals surface area contributed by atoms with E-state index in [2.05, 4.69) is 47.1 Å². The molecule has 3 heterocycles. The first-order valence-electron chi connectivity index (χ1n) is 8.41. The van der Waals surface area contributed by atoms with E-state index in [9.17, 15) is 5.11 Å². The predicted molar refractivity (Wildman–Crippen MR) is 89.9 cm³/mol. The second-order valence-electron chi connectivity index (χ2n) is 6.61. The number of aliphatic hydroxyl groups excluding tert-OH is 1. The molecule has 0 amide bonds. The third-order valence-corrected chi connectivity index (χ3v) is 5.54. The van der Waals surface area contributed by atoms with Gasteiger partial charge in [0.05, 0.1) is 6.04 Å². The molecular formula is C19H24N2O. The van der Waals surface area contributed by atoms with E-state index in [4.69, 9.17) is 0 Å². The molecule has 4 rings (SSSR count). The Hall–Kier alpha value is -1.58. The molecule has 0 radical (unpaired) electrons. The summed E-state index contributed by atoms with van der Waals surface area (Å²) in [6.45, 7) is 4.62. The molecule has 1 fully saturated rings. The average Bonchev–Trinajstić information content (AvgIpc) is 2.93. The third-order valence-electron chi connectivity index (χ3n) is 5.54. The van der Waals surface area contributed by atoms with Gasteiger partial charge in [-0.15, -0.1) is 0 Å². The van der Waals surface area contributed by atoms with Crippen molar-refractivity contribution in [3.05, 3.63) is 47.2 Å². The molecule has 1 aromatic carbocycles. The van der Waals surface area contributed by atoms with Gasteiger partial charge in [0.25, 0.3) is 0 Å². The zero-order valence-corrected chi connectivity index (χ0v) is 13.2. The standard InChI is InChI=1S/C19H24N2O/c1-2-13-12-21-9-7-16-15-5-3-4-6-17(15)20-19(16)18(21)11-14(13)8-10-22/h2-6,14,18,20,22H,7-12H2,1H3/b13-2-. The van der Waals surface area contributed by atoms with Crippen LogP contribution >= 0.6 is 0 Å². The van der Waals surface area contributed by atoms with Crippen molar-refractivity contribution < 1.29 is 5.11 Å². The summed E-state index contributed by atoms with van der Waals surface area (Å²) < 4.78 is 0. The van der Waals surface area contributed by atoms with E-state index < -0.39 is 0 Å². The van der Waals surface area contributed by atoms with E-state index in [0.717, 1.165) is 32.4 Å². The van der Waals surface area contributed by atoms with Crippen LogP contribution in [-0.2, 0) is 6.42 Å². The van der Waals surface area contributed by atoms with Crippen molar-refractivity contribution in [3.8, 4) is 0 Å². The molecule has 2 unspecified atom stereocenters. The highest BCUT2D eigenvalue weighted by atomic mass is 16.3. The molecule has 22 heavy (non-hydrogen) atoms. The summed E-state index contributed by atoms with van der Waals surface area (Å²) in [7, 11) is 0. The average molecular weight is 296 g/mol. The number of hydrogen-bond acceptors (Lipinski definition) is 2. The topological polar surface area (TPSA) is 39.3 Å². The highest BCUT2D eigenvalue weighted by molar-refractivity contribution is 5.85. The van der Waals surface area contributed by atoms with Gasteiger partial charge >= 0.3 is 0 Å². The largest absolute Gasteiger partial charge is 0.396 e. The molecule has 0 spiro atoms. The van der Waals surface area contributed by atoms with Crippen LogP contribution in [0.25, 0.3) is 10.9 Å². The van der Waals surface area contributed by atoms with E-state index in [-0.39, 0.29) is 6.61 Å². The predicted octanol–water partition coefficient (Wildman–Crippen LogP) is 3.42. The molecule has 116 valence electrons. The summed E-state index contributed by atoms with van der Waals surface area (Å²) in [5, 5.41) is 10.8. The normalized spacial score (nSPS) is 27.1. The molecule has 2 N–H and O–H groups in total. The molecule has 0 bridgehead atoms. The highest BCUT2D eigenvalue weighted by Crippen LogP contribution is 2.43. The van der Waals surface area contributed by atoms with E-state index in [0.29, 0.717) is 12.0 Å². The Balaban J connectivity index is 1.74. The molecule has 1 aromatic heterocycles. The number of benzene rings is 1. The lowest BCUT2D eigenvalue weighted by Gasteiger charge is -2.43. The number of aromatic nitrogens is 1. The minimum atomic E-state index is 0.286. The van der Waals surface area contributed by atoms with Gasteiger partial charge in [0.1, 0.15) is 0 Å². The van der Waals surface area contributed by atoms with Crippen LogP contribution in [0.4, 0.5) is 0 Å². The summed E-state index contributed by atoms with van der Waals surface area (Å²) in [6.07, 6.45) is 5.41. The van der Waals surface area contributed by atoms with E-state index in [1.165, 1.54) is 27.7 Å². The van der Waals surface area contributed by atoms with Gasteiger partial charge in [0.2, 0.25) is 0 Å². The lowest BCUT2D eigenvalue weighted by molar-refractivity contribution is 0.126. The third kappa shape index (κ3) is 2.11. The molecule has 2 aromatic rings. The number of para-hydroxylation sites is 1. The van der Waals surface area contributed by atoms with E-state index in [1.807, 2.05) is 0 Å². The molecule has 2 aliphatic heterocycles. The van der Waals surface area contributed by atoms with Crippen LogP contribution in [0.3, 0.4) is 0 Å². The first-order valence-corrected chi connectivity index (χ1v) is 8.41. The van der Waals surface area contributed by atoms with Gasteiger partial charge < -0.3 is 10.1 Å². The zero-order valence-electron chi connectivity index (χ0n) is 13.2. The van der Waals surface area contributed by atoms with Crippen molar-refractivity contribution in [2.24, 2.45) is 5.92 Å². The van der Waals surface area contributed by atoms with Crippen LogP contribution in [0.15, 0.2) is 35.9 Å². The number of aliphatic hydroxyl groups is 1. The molecular weight excluding hydrogens is 272 g/mol. The maximum Gasteiger partial charge on any atom is 0.0510 e. The van der Waals surface area contributed by atoms with Crippen LogP contribution in [0.2, 0.25) is 0 Å². The van der Waals surface area contributed by atoms with Crippen LogP contribution in [0.5, 0.6) is 0 Å². The molecule has 0 saturated carbocycles. The van der Waals surface area contributed by atoms with Crippen LogP contribution in [0, 0.1) is 5.92 Å². The summed E-state index contributed by atoms with van der Waals surface area (Å²) in [5.74, 6) is 0.522. The second kappa shape index (κ2) is 5.56. The number of rotatable bonds is 2. The summed E-state index contributed by atoms with van der Waals surface area (Å²) >= 11 is 0. The second-order valence-corrected chi connectivity index (χ2v) is 6.61. The van der Waals surface area contributed by atoms with Gasteiger partial charge in [-0.05, 0) is 43.7 Å². The number of aromatic amines is 1. The highest BCUT2D eigenvalue weighted by Gasteiger charge is 2.36. The van der Waals surface area contributed by atoms with Gasteiger partial charge in [-0.2, -0.15) is 0 Å². The zero-order chi connectivity index (χ0) is 15.1. The first kappa shape index (κ1) is 14.0. The van der Waals surface area contributed by atoms with Gasteiger partial charge in [0.15, 0.2) is 0 Å². The Morgan fingerprint density at radius 3 is 3.05 bits per heavy atom. The van der Waals surface area contributed by atoms with Crippen LogP contribution in [0.1, 0.15) is 37.1 Å². The number of H-pyrrole nitrogens is 1. The minimum Gasteiger partial charge on any atom is -0.396 e. The Morgan fingerprint density at radius 2 is 2.23 bits per heavy atom. The number of allylic oxidation sites excluding steroid dienone is 1. The number of piperidine rings is 1. The quantitative estimate of drug-likeness (QED) is 0.834. The first-order chi connectivity index (χ1) is 10.8. The number of fused-ring (bicyclic) bond motifs is 5. The lowest BCUT2D eigenvalue weighted by atomic mass is 9.80. The van der Waals surface area contributed by atoms with Crippen molar-refractivity contribution in [3.63, 3.8) is 0 Å². The smallest absolute Gasteiger partial charge is 0.0510 e. The lowest BCUT2D eigenvalue weighted by Crippen LogP contribution is -2.42. The van der Waals surface area contributed by atoms with Crippen molar-refractivity contribution in [1.29, 1.82) is 0 Å². The van der Waals surface area contributed by atoms with Crippen molar-refractivity contribution in [2.75, 3.05) is 19.7 Å². The van der Waals surface area contributed by atoms with Crippen LogP contribution < -0.4 is 0 Å². The fourth-order valence-corrected chi connectivity index (χ4v) is 4.40. The Morgan fingerprint density at radius 1 is 1.36 bits per heavy atom. The minimum absolute atomic E-state index is 0.286.